The van der Waals surface area contributed by atoms with Crippen LogP contribution >= 0.6 is 0 Å². The SMILES string of the molecule is COc1ccc(C)cc1NC(=O)c1ccc(N)cn1. The number of benzene rings is 1. The van der Waals surface area contributed by atoms with Crippen LogP contribution in [0.25, 0.3) is 0 Å². The number of hydrogen-bond donors (Lipinski definition) is 2. The molecule has 0 aliphatic carbocycles. The van der Waals surface area contributed by atoms with Gasteiger partial charge in [-0.15, -0.1) is 0 Å². The number of pyridine rings is 1. The Bertz CT molecular complexity index is 594. The van der Waals surface area contributed by atoms with Gasteiger partial charge in [0.15, 0.2) is 0 Å². The molecule has 1 aromatic carbocycles. The van der Waals surface area contributed by atoms with Crippen LogP contribution in [0.15, 0.2) is 36.5 Å². The van der Waals surface area contributed by atoms with Crippen molar-refractivity contribution in [1.82, 2.24) is 4.98 Å². The standard InChI is InChI=1S/C14H15N3O2/c1-9-3-6-13(19-2)12(7-9)17-14(18)11-5-4-10(15)8-16-11/h3-8H,15H2,1-2H3,(H,17,18). The highest BCUT2D eigenvalue weighted by Crippen LogP contribution is 2.25. The van der Waals surface area contributed by atoms with Gasteiger partial charge in [0.1, 0.15) is 11.4 Å². The second kappa shape index (κ2) is 5.39. The predicted octanol–water partition coefficient (Wildman–Crippen LogP) is 2.23. The van der Waals surface area contributed by atoms with Crippen LogP contribution < -0.4 is 15.8 Å². The summed E-state index contributed by atoms with van der Waals surface area (Å²) in [7, 11) is 1.56. The van der Waals surface area contributed by atoms with Crippen molar-refractivity contribution < 1.29 is 9.53 Å². The number of nitrogen functional groups attached to an aromatic ring is 1. The molecular formula is C14H15N3O2. The maximum absolute atomic E-state index is 12.0. The molecule has 0 aliphatic heterocycles. The summed E-state index contributed by atoms with van der Waals surface area (Å²) in [5.74, 6) is 0.304. The van der Waals surface area contributed by atoms with E-state index in [0.29, 0.717) is 22.8 Å². The zero-order valence-electron chi connectivity index (χ0n) is 10.8. The van der Waals surface area contributed by atoms with Crippen LogP contribution in [0.5, 0.6) is 5.75 Å². The Morgan fingerprint density at radius 1 is 1.32 bits per heavy atom. The predicted molar refractivity (Wildman–Crippen MR) is 74.3 cm³/mol. The Balaban J connectivity index is 2.23. The Hall–Kier alpha value is -2.56. The van der Waals surface area contributed by atoms with E-state index in [1.54, 1.807) is 25.3 Å². The van der Waals surface area contributed by atoms with E-state index in [1.807, 2.05) is 19.1 Å². The zero-order chi connectivity index (χ0) is 13.8. The fourth-order valence-corrected chi connectivity index (χ4v) is 1.65. The molecule has 5 heteroatoms. The van der Waals surface area contributed by atoms with Crippen LogP contribution in [-0.4, -0.2) is 18.0 Å². The Kier molecular flexibility index (Phi) is 3.66. The summed E-state index contributed by atoms with van der Waals surface area (Å²) in [5.41, 5.74) is 8.00. The molecule has 1 heterocycles. The molecule has 0 radical (unpaired) electrons. The van der Waals surface area contributed by atoms with E-state index in [4.69, 9.17) is 10.5 Å². The van der Waals surface area contributed by atoms with Gasteiger partial charge in [0.25, 0.3) is 5.91 Å². The summed E-state index contributed by atoms with van der Waals surface area (Å²) >= 11 is 0. The summed E-state index contributed by atoms with van der Waals surface area (Å²) in [6.45, 7) is 1.94. The molecule has 0 fully saturated rings. The van der Waals surface area contributed by atoms with Crippen molar-refractivity contribution in [2.75, 3.05) is 18.2 Å². The summed E-state index contributed by atoms with van der Waals surface area (Å²) in [6, 6.07) is 8.77. The number of ether oxygens (including phenoxy) is 1. The Morgan fingerprint density at radius 2 is 2.11 bits per heavy atom. The van der Waals surface area contributed by atoms with Gasteiger partial charge < -0.3 is 15.8 Å². The lowest BCUT2D eigenvalue weighted by atomic mass is 10.2. The summed E-state index contributed by atoms with van der Waals surface area (Å²) < 4.78 is 5.20. The quantitative estimate of drug-likeness (QED) is 0.884. The number of anilines is 2. The summed E-state index contributed by atoms with van der Waals surface area (Å²) in [6.07, 6.45) is 1.45. The molecule has 0 unspecified atom stereocenters. The number of carbonyl (C=O) groups is 1. The zero-order valence-corrected chi connectivity index (χ0v) is 10.8. The second-order valence-corrected chi connectivity index (χ2v) is 4.13. The first-order valence-electron chi connectivity index (χ1n) is 5.77. The van der Waals surface area contributed by atoms with Crippen LogP contribution in [0, 0.1) is 6.92 Å². The maximum atomic E-state index is 12.0. The van der Waals surface area contributed by atoms with Gasteiger partial charge in [0, 0.05) is 0 Å². The maximum Gasteiger partial charge on any atom is 0.274 e. The van der Waals surface area contributed by atoms with Crippen molar-refractivity contribution in [2.24, 2.45) is 0 Å². The van der Waals surface area contributed by atoms with E-state index < -0.39 is 0 Å². The van der Waals surface area contributed by atoms with Crippen LogP contribution in [0.1, 0.15) is 16.1 Å². The third-order valence-corrected chi connectivity index (χ3v) is 2.62. The molecule has 2 aromatic rings. The molecule has 2 rings (SSSR count). The van der Waals surface area contributed by atoms with Crippen molar-refractivity contribution in [3.63, 3.8) is 0 Å². The third kappa shape index (κ3) is 3.01. The van der Waals surface area contributed by atoms with E-state index in [2.05, 4.69) is 10.3 Å². The molecule has 0 saturated heterocycles. The number of nitrogens with zero attached hydrogens (tertiary/aromatic N) is 1. The number of hydrogen-bond acceptors (Lipinski definition) is 4. The highest BCUT2D eigenvalue weighted by molar-refractivity contribution is 6.03. The molecule has 0 atom stereocenters. The topological polar surface area (TPSA) is 77.2 Å². The molecule has 98 valence electrons. The fourth-order valence-electron chi connectivity index (χ4n) is 1.65. The largest absolute Gasteiger partial charge is 0.495 e. The molecule has 5 nitrogen and oxygen atoms in total. The highest BCUT2D eigenvalue weighted by Gasteiger charge is 2.10. The summed E-state index contributed by atoms with van der Waals surface area (Å²) in [4.78, 5) is 16.0. The molecule has 19 heavy (non-hydrogen) atoms. The number of nitrogens with two attached hydrogens (primary N) is 1. The first kappa shape index (κ1) is 12.9. The van der Waals surface area contributed by atoms with Gasteiger partial charge >= 0.3 is 0 Å². The van der Waals surface area contributed by atoms with Crippen LogP contribution in [0.3, 0.4) is 0 Å². The molecule has 0 bridgehead atoms. The fraction of sp³-hybridized carbons (Fsp3) is 0.143. The number of methoxy groups -OCH3 is 1. The first-order valence-corrected chi connectivity index (χ1v) is 5.77. The van der Waals surface area contributed by atoms with E-state index in [-0.39, 0.29) is 5.91 Å². The first-order chi connectivity index (χ1) is 9.10. The average molecular weight is 257 g/mol. The van der Waals surface area contributed by atoms with Gasteiger partial charge in [0.05, 0.1) is 24.7 Å². The number of nitrogens with one attached hydrogen (secondary N) is 1. The molecule has 1 aromatic heterocycles. The van der Waals surface area contributed by atoms with Crippen LogP contribution in [0.2, 0.25) is 0 Å². The van der Waals surface area contributed by atoms with Gasteiger partial charge in [-0.3, -0.25) is 4.79 Å². The van der Waals surface area contributed by atoms with Crippen molar-refractivity contribution in [2.45, 2.75) is 6.92 Å². The number of aryl methyl sites for hydroxylation is 1. The normalized spacial score (nSPS) is 10.0. The van der Waals surface area contributed by atoms with Gasteiger partial charge in [-0.2, -0.15) is 0 Å². The molecule has 3 N–H and O–H groups in total. The van der Waals surface area contributed by atoms with Gasteiger partial charge in [-0.25, -0.2) is 4.98 Å². The number of aromatic nitrogens is 1. The van der Waals surface area contributed by atoms with Gasteiger partial charge in [-0.1, -0.05) is 6.07 Å². The average Bonchev–Trinajstić information content (AvgIpc) is 2.39. The molecule has 0 aliphatic rings. The van der Waals surface area contributed by atoms with Crippen molar-refractivity contribution >= 4 is 17.3 Å². The van der Waals surface area contributed by atoms with Gasteiger partial charge in [-0.05, 0) is 36.8 Å². The lowest BCUT2D eigenvalue weighted by Gasteiger charge is -2.10. The molecule has 0 saturated carbocycles. The Morgan fingerprint density at radius 3 is 2.74 bits per heavy atom. The Labute approximate surface area is 111 Å². The smallest absolute Gasteiger partial charge is 0.274 e. The van der Waals surface area contributed by atoms with E-state index in [0.717, 1.165) is 5.56 Å². The van der Waals surface area contributed by atoms with Crippen molar-refractivity contribution in [3.05, 3.63) is 47.8 Å². The minimum absolute atomic E-state index is 0.302. The minimum Gasteiger partial charge on any atom is -0.495 e. The van der Waals surface area contributed by atoms with Crippen LogP contribution in [0.4, 0.5) is 11.4 Å². The van der Waals surface area contributed by atoms with E-state index in [1.165, 1.54) is 6.20 Å². The van der Waals surface area contributed by atoms with Crippen molar-refractivity contribution in [1.29, 1.82) is 0 Å². The van der Waals surface area contributed by atoms with E-state index >= 15 is 0 Å². The van der Waals surface area contributed by atoms with Gasteiger partial charge in [0.2, 0.25) is 0 Å². The highest BCUT2D eigenvalue weighted by atomic mass is 16.5. The molecular weight excluding hydrogens is 242 g/mol. The van der Waals surface area contributed by atoms with Crippen molar-refractivity contribution in [3.8, 4) is 5.75 Å². The number of amides is 1. The minimum atomic E-state index is -0.302. The number of rotatable bonds is 3. The van der Waals surface area contributed by atoms with Crippen LogP contribution in [-0.2, 0) is 0 Å². The van der Waals surface area contributed by atoms with E-state index in [9.17, 15) is 4.79 Å². The lowest BCUT2D eigenvalue weighted by molar-refractivity contribution is 0.102. The lowest BCUT2D eigenvalue weighted by Crippen LogP contribution is -2.14. The molecule has 0 spiro atoms. The number of carbonyl (C=O) groups excluding carboxylic acids is 1. The summed E-state index contributed by atoms with van der Waals surface area (Å²) in [5, 5.41) is 2.77. The monoisotopic (exact) mass is 257 g/mol. The molecule has 1 amide bonds. The second-order valence-electron chi connectivity index (χ2n) is 4.13. The third-order valence-electron chi connectivity index (χ3n) is 2.62.